The maximum Gasteiger partial charge on any atom is 0.247 e. The average Bonchev–Trinajstić information content (AvgIpc) is 3.31. The number of aliphatic hydroxyl groups is 2. The molecule has 1 aliphatic carbocycles. The molecule has 2 amide bonds. The molecule has 0 spiro atoms. The van der Waals surface area contributed by atoms with Gasteiger partial charge in [0.2, 0.25) is 11.8 Å². The van der Waals surface area contributed by atoms with Gasteiger partial charge in [-0.3, -0.25) is 14.4 Å². The highest BCUT2D eigenvalue weighted by atomic mass is 16.5. The minimum atomic E-state index is -1.18. The average molecular weight is 545 g/mol. The molecular formula is C29H40N2O8. The molecule has 3 rings (SSSR count). The first-order valence-electron chi connectivity index (χ1n) is 13.7. The minimum Gasteiger partial charge on any atom is -0.493 e. The van der Waals surface area contributed by atoms with Crippen molar-refractivity contribution in [2.75, 3.05) is 26.8 Å². The fourth-order valence-corrected chi connectivity index (χ4v) is 5.34. The lowest BCUT2D eigenvalue weighted by Gasteiger charge is -2.41. The summed E-state index contributed by atoms with van der Waals surface area (Å²) in [5.74, 6) is -0.744. The molecule has 0 unspecified atom stereocenters. The lowest BCUT2D eigenvalue weighted by Crippen LogP contribution is -2.56. The van der Waals surface area contributed by atoms with E-state index >= 15 is 0 Å². The zero-order valence-corrected chi connectivity index (χ0v) is 23.0. The number of hydrogen-bond donors (Lipinski definition) is 3. The van der Waals surface area contributed by atoms with Crippen LogP contribution in [-0.2, 0) is 14.4 Å². The van der Waals surface area contributed by atoms with Crippen LogP contribution in [-0.4, -0.2) is 84.1 Å². The number of methoxy groups -OCH3 is 1. The van der Waals surface area contributed by atoms with Crippen LogP contribution in [0.4, 0.5) is 0 Å². The number of carbonyl (C=O) groups excluding carboxylic acids is 4. The van der Waals surface area contributed by atoms with Crippen molar-refractivity contribution >= 4 is 23.9 Å². The number of nitrogens with zero attached hydrogens (tertiary/aromatic N) is 1. The Kier molecular flexibility index (Phi) is 11.1. The molecule has 0 saturated heterocycles. The Morgan fingerprint density at radius 2 is 1.92 bits per heavy atom. The van der Waals surface area contributed by atoms with Crippen molar-refractivity contribution < 1.29 is 38.9 Å². The van der Waals surface area contributed by atoms with Crippen molar-refractivity contribution in [1.82, 2.24) is 10.2 Å². The molecule has 0 saturated carbocycles. The summed E-state index contributed by atoms with van der Waals surface area (Å²) < 4.78 is 11.6. The number of unbranched alkanes of at least 4 members (excludes halogenated alkanes) is 3. The number of Topliss-reactive ketones (excluding diaryl/α,β-unsaturated/α-hetero) is 1. The molecule has 10 heteroatoms. The van der Waals surface area contributed by atoms with E-state index in [1.807, 2.05) is 0 Å². The van der Waals surface area contributed by atoms with Gasteiger partial charge in [0.15, 0.2) is 11.5 Å². The van der Waals surface area contributed by atoms with Gasteiger partial charge in [0.25, 0.3) is 0 Å². The Bertz CT molecular complexity index is 1090. The van der Waals surface area contributed by atoms with E-state index in [9.17, 15) is 29.4 Å². The number of ketones is 1. The van der Waals surface area contributed by atoms with Crippen molar-refractivity contribution in [3.63, 3.8) is 0 Å². The number of aldehydes is 1. The molecule has 214 valence electrons. The third-order valence-corrected chi connectivity index (χ3v) is 7.26. The highest BCUT2D eigenvalue weighted by Gasteiger charge is 2.51. The first-order valence-corrected chi connectivity index (χ1v) is 13.7. The van der Waals surface area contributed by atoms with Gasteiger partial charge in [-0.1, -0.05) is 26.2 Å². The van der Waals surface area contributed by atoms with Crippen LogP contribution in [0, 0.1) is 0 Å². The number of hydrogen-bond acceptors (Lipinski definition) is 8. The van der Waals surface area contributed by atoms with Gasteiger partial charge in [0, 0.05) is 42.6 Å². The molecular weight excluding hydrogens is 504 g/mol. The predicted octanol–water partition coefficient (Wildman–Crippen LogP) is 2.30. The molecule has 1 aromatic rings. The van der Waals surface area contributed by atoms with Crippen molar-refractivity contribution in [3.05, 3.63) is 34.9 Å². The molecule has 39 heavy (non-hydrogen) atoms. The van der Waals surface area contributed by atoms with Crippen molar-refractivity contribution in [2.45, 2.75) is 83.0 Å². The molecule has 2 aliphatic rings. The van der Waals surface area contributed by atoms with Crippen LogP contribution in [0.5, 0.6) is 11.5 Å². The molecule has 1 aromatic carbocycles. The smallest absolute Gasteiger partial charge is 0.247 e. The van der Waals surface area contributed by atoms with Gasteiger partial charge < -0.3 is 34.7 Å². The van der Waals surface area contributed by atoms with Crippen LogP contribution < -0.4 is 14.8 Å². The number of benzene rings is 1. The minimum absolute atomic E-state index is 0.00124. The Morgan fingerprint density at radius 3 is 2.56 bits per heavy atom. The Hall–Kier alpha value is -3.24. The van der Waals surface area contributed by atoms with Crippen LogP contribution in [0.25, 0.3) is 0 Å². The second kappa shape index (κ2) is 14.2. The van der Waals surface area contributed by atoms with E-state index in [-0.39, 0.29) is 43.3 Å². The summed E-state index contributed by atoms with van der Waals surface area (Å²) in [6, 6.07) is 2.30. The van der Waals surface area contributed by atoms with Crippen molar-refractivity contribution in [3.8, 4) is 11.5 Å². The number of fused-ring (bicyclic) bond motifs is 3. The zero-order valence-electron chi connectivity index (χ0n) is 23.0. The second-order valence-electron chi connectivity index (χ2n) is 10.1. The molecule has 4 atom stereocenters. The van der Waals surface area contributed by atoms with Crippen LogP contribution in [0.2, 0.25) is 0 Å². The van der Waals surface area contributed by atoms with Crippen LogP contribution >= 0.6 is 0 Å². The van der Waals surface area contributed by atoms with E-state index in [0.717, 1.165) is 25.7 Å². The molecule has 3 N–H and O–H groups in total. The number of amides is 2. The highest BCUT2D eigenvalue weighted by molar-refractivity contribution is 5.96. The maximum atomic E-state index is 13.4. The fraction of sp³-hybridized carbons (Fsp3) is 0.586. The van der Waals surface area contributed by atoms with Gasteiger partial charge in [-0.25, -0.2) is 0 Å². The maximum absolute atomic E-state index is 13.4. The number of aliphatic hydroxyl groups excluding tert-OH is 2. The van der Waals surface area contributed by atoms with Gasteiger partial charge in [-0.2, -0.15) is 0 Å². The summed E-state index contributed by atoms with van der Waals surface area (Å²) in [5, 5.41) is 23.6. The van der Waals surface area contributed by atoms with E-state index in [1.54, 1.807) is 17.0 Å². The SMILES string of the molecule is CCCCCCN(C(=O)CCCC(C)=O)[C@@H]1C=C(C(=O)NCCO)[C@@H]2c3cc(C=O)cc(OC)c3O[C@@H]2[C@H]1O. The number of carbonyl (C=O) groups is 4. The molecule has 0 radical (unpaired) electrons. The standard InChI is InChI=1S/C29H40N2O8/c1-4-5-6-7-12-31(24(35)10-8-9-18(2)34)22-16-21(29(37)30-11-13-32)25-20-14-19(17-33)15-23(38-3)27(20)39-28(25)26(22)36/h14-17,22,25-26,28,32,36H,4-13H2,1-3H3,(H,30,37)/t22-,25+,26+,28+/m1/s1. The van der Waals surface area contributed by atoms with Gasteiger partial charge in [-0.05, 0) is 38.0 Å². The predicted molar refractivity (Wildman–Crippen MR) is 144 cm³/mol. The Labute approximate surface area is 229 Å². The highest BCUT2D eigenvalue weighted by Crippen LogP contribution is 2.51. The lowest BCUT2D eigenvalue weighted by atomic mass is 9.77. The quantitative estimate of drug-likeness (QED) is 0.226. The van der Waals surface area contributed by atoms with E-state index in [0.29, 0.717) is 41.9 Å². The normalized spacial score (nSPS) is 21.2. The van der Waals surface area contributed by atoms with E-state index in [1.165, 1.54) is 20.1 Å². The third-order valence-electron chi connectivity index (χ3n) is 7.26. The Balaban J connectivity index is 2.03. The van der Waals surface area contributed by atoms with Crippen molar-refractivity contribution in [1.29, 1.82) is 0 Å². The summed E-state index contributed by atoms with van der Waals surface area (Å²) in [5.41, 5.74) is 1.15. The first-order chi connectivity index (χ1) is 18.8. The number of nitrogens with one attached hydrogen (secondary N) is 1. The largest absolute Gasteiger partial charge is 0.493 e. The molecule has 1 aliphatic heterocycles. The summed E-state index contributed by atoms with van der Waals surface area (Å²) in [6.45, 7) is 3.72. The fourth-order valence-electron chi connectivity index (χ4n) is 5.34. The number of ether oxygens (including phenoxy) is 2. The second-order valence-corrected chi connectivity index (χ2v) is 10.1. The first kappa shape index (κ1) is 30.3. The van der Waals surface area contributed by atoms with E-state index in [2.05, 4.69) is 12.2 Å². The molecule has 0 fully saturated rings. The number of rotatable bonds is 15. The zero-order chi connectivity index (χ0) is 28.5. The topological polar surface area (TPSA) is 142 Å². The van der Waals surface area contributed by atoms with E-state index in [4.69, 9.17) is 9.47 Å². The van der Waals surface area contributed by atoms with Gasteiger partial charge >= 0.3 is 0 Å². The van der Waals surface area contributed by atoms with Crippen molar-refractivity contribution in [2.24, 2.45) is 0 Å². The van der Waals surface area contributed by atoms with Gasteiger partial charge in [-0.15, -0.1) is 0 Å². The van der Waals surface area contributed by atoms with E-state index < -0.39 is 30.1 Å². The molecule has 0 aromatic heterocycles. The monoisotopic (exact) mass is 544 g/mol. The summed E-state index contributed by atoms with van der Waals surface area (Å²) >= 11 is 0. The molecule has 0 bridgehead atoms. The summed E-state index contributed by atoms with van der Waals surface area (Å²) in [4.78, 5) is 51.4. The summed E-state index contributed by atoms with van der Waals surface area (Å²) in [7, 11) is 1.44. The lowest BCUT2D eigenvalue weighted by molar-refractivity contribution is -0.137. The van der Waals surface area contributed by atoms with Crippen LogP contribution in [0.3, 0.4) is 0 Å². The molecule has 1 heterocycles. The van der Waals surface area contributed by atoms with Crippen LogP contribution in [0.1, 0.15) is 80.6 Å². The van der Waals surface area contributed by atoms with Gasteiger partial charge in [0.05, 0.1) is 25.7 Å². The third kappa shape index (κ3) is 7.05. The van der Waals surface area contributed by atoms with Crippen LogP contribution in [0.15, 0.2) is 23.8 Å². The molecule has 10 nitrogen and oxygen atoms in total. The summed E-state index contributed by atoms with van der Waals surface area (Å²) in [6.07, 6.45) is 4.68. The Morgan fingerprint density at radius 1 is 1.15 bits per heavy atom. The van der Waals surface area contributed by atoms with Gasteiger partial charge in [0.1, 0.15) is 24.3 Å².